The molecule has 2 amide bonds. The van der Waals surface area contributed by atoms with Gasteiger partial charge in [-0.2, -0.15) is 4.31 Å². The molecule has 1 fully saturated rings. The molecule has 4 rings (SSSR count). The molecule has 1 atom stereocenters. The highest BCUT2D eigenvalue weighted by atomic mass is 79.9. The van der Waals surface area contributed by atoms with Gasteiger partial charge in [-0.1, -0.05) is 52.3 Å². The quantitative estimate of drug-likeness (QED) is 0.441. The van der Waals surface area contributed by atoms with Gasteiger partial charge in [-0.3, -0.25) is 9.59 Å². The third-order valence-electron chi connectivity index (χ3n) is 5.08. The molecule has 1 saturated heterocycles. The summed E-state index contributed by atoms with van der Waals surface area (Å²) in [7, 11) is -3.94. The first-order valence-corrected chi connectivity index (χ1v) is 12.7. The lowest BCUT2D eigenvalue weighted by atomic mass is 10.1. The Bertz CT molecular complexity index is 1180. The summed E-state index contributed by atoms with van der Waals surface area (Å²) in [5.74, 6) is -0.941. The Morgan fingerprint density at radius 3 is 2.35 bits per heavy atom. The maximum Gasteiger partial charge on any atom is 0.253 e. The normalized spacial score (nSPS) is 17.0. The van der Waals surface area contributed by atoms with E-state index in [1.807, 2.05) is 30.3 Å². The van der Waals surface area contributed by atoms with Crippen molar-refractivity contribution in [1.82, 2.24) is 4.31 Å². The standard InChI is InChI=1S/C22H19BrN2O4S2/c23-17-8-10-18(11-9-17)25-20(26)15-19(22(25)27)24(13-12-16-5-2-1-3-6-16)31(28,29)21-7-4-14-30-21/h1-11,14,19H,12-13,15H2. The number of halogens is 1. The molecule has 1 aliphatic heterocycles. The van der Waals surface area contributed by atoms with Crippen LogP contribution in [0.1, 0.15) is 12.0 Å². The molecule has 31 heavy (non-hydrogen) atoms. The molecule has 0 aliphatic carbocycles. The fourth-order valence-electron chi connectivity index (χ4n) is 3.56. The summed E-state index contributed by atoms with van der Waals surface area (Å²) in [5, 5.41) is 1.68. The summed E-state index contributed by atoms with van der Waals surface area (Å²) in [4.78, 5) is 27.1. The summed E-state index contributed by atoms with van der Waals surface area (Å²) in [6, 6.07) is 18.3. The van der Waals surface area contributed by atoms with E-state index in [4.69, 9.17) is 0 Å². The van der Waals surface area contributed by atoms with E-state index >= 15 is 0 Å². The monoisotopic (exact) mass is 518 g/mol. The highest BCUT2D eigenvalue weighted by molar-refractivity contribution is 9.10. The van der Waals surface area contributed by atoms with Gasteiger partial charge in [-0.15, -0.1) is 11.3 Å². The predicted molar refractivity (Wildman–Crippen MR) is 123 cm³/mol. The van der Waals surface area contributed by atoms with Crippen LogP contribution in [0.15, 0.2) is 80.8 Å². The lowest BCUT2D eigenvalue weighted by Gasteiger charge is -2.26. The van der Waals surface area contributed by atoms with E-state index in [1.54, 1.807) is 35.7 Å². The lowest BCUT2D eigenvalue weighted by Crippen LogP contribution is -2.46. The van der Waals surface area contributed by atoms with Crippen molar-refractivity contribution in [3.8, 4) is 0 Å². The van der Waals surface area contributed by atoms with Gasteiger partial charge in [0.05, 0.1) is 12.1 Å². The van der Waals surface area contributed by atoms with Crippen molar-refractivity contribution in [1.29, 1.82) is 0 Å². The molecule has 1 aliphatic rings. The molecule has 0 saturated carbocycles. The van der Waals surface area contributed by atoms with Gasteiger partial charge in [0.15, 0.2) is 0 Å². The Hall–Kier alpha value is -2.33. The molecule has 2 heterocycles. The number of nitrogens with zero attached hydrogens (tertiary/aromatic N) is 2. The second kappa shape index (κ2) is 9.04. The Morgan fingerprint density at radius 1 is 1.00 bits per heavy atom. The van der Waals surface area contributed by atoms with Gasteiger partial charge in [-0.25, -0.2) is 13.3 Å². The number of hydrogen-bond donors (Lipinski definition) is 0. The fourth-order valence-corrected chi connectivity index (χ4v) is 6.52. The van der Waals surface area contributed by atoms with Crippen LogP contribution in [-0.2, 0) is 26.0 Å². The summed E-state index contributed by atoms with van der Waals surface area (Å²) < 4.78 is 28.9. The highest BCUT2D eigenvalue weighted by Crippen LogP contribution is 2.31. The zero-order chi connectivity index (χ0) is 22.0. The minimum atomic E-state index is -3.94. The number of amides is 2. The summed E-state index contributed by atoms with van der Waals surface area (Å²) in [5.41, 5.74) is 1.38. The smallest absolute Gasteiger partial charge is 0.253 e. The third kappa shape index (κ3) is 4.50. The summed E-state index contributed by atoms with van der Waals surface area (Å²) in [6.45, 7) is 0.0993. The van der Waals surface area contributed by atoms with Crippen molar-refractivity contribution in [2.24, 2.45) is 0 Å². The zero-order valence-electron chi connectivity index (χ0n) is 16.3. The number of thiophene rings is 1. The number of benzene rings is 2. The molecular formula is C22H19BrN2O4S2. The Morgan fingerprint density at radius 2 is 1.71 bits per heavy atom. The van der Waals surface area contributed by atoms with Crippen molar-refractivity contribution in [2.45, 2.75) is 23.1 Å². The predicted octanol–water partition coefficient (Wildman–Crippen LogP) is 4.08. The first kappa shape index (κ1) is 21.9. The van der Waals surface area contributed by atoms with Gasteiger partial charge in [0, 0.05) is 11.0 Å². The lowest BCUT2D eigenvalue weighted by molar-refractivity contribution is -0.122. The molecule has 0 bridgehead atoms. The summed E-state index contributed by atoms with van der Waals surface area (Å²) >= 11 is 4.43. The van der Waals surface area contributed by atoms with E-state index < -0.39 is 27.9 Å². The van der Waals surface area contributed by atoms with E-state index in [0.717, 1.165) is 26.3 Å². The molecule has 0 N–H and O–H groups in total. The SMILES string of the molecule is O=C1CC(N(CCc2ccccc2)S(=O)(=O)c2cccs2)C(=O)N1c1ccc(Br)cc1. The van der Waals surface area contributed by atoms with Crippen molar-refractivity contribution in [3.05, 3.63) is 82.1 Å². The average molecular weight is 519 g/mol. The van der Waals surface area contributed by atoms with Crippen LogP contribution in [0.2, 0.25) is 0 Å². The Kier molecular flexibility index (Phi) is 6.38. The molecule has 9 heteroatoms. The van der Waals surface area contributed by atoms with E-state index in [1.165, 1.54) is 10.4 Å². The van der Waals surface area contributed by atoms with E-state index in [9.17, 15) is 18.0 Å². The van der Waals surface area contributed by atoms with Gasteiger partial charge in [-0.05, 0) is 47.7 Å². The number of carbonyl (C=O) groups excluding carboxylic acids is 2. The van der Waals surface area contributed by atoms with E-state index in [-0.39, 0.29) is 17.2 Å². The second-order valence-electron chi connectivity index (χ2n) is 7.05. The van der Waals surface area contributed by atoms with Gasteiger partial charge in [0.1, 0.15) is 10.3 Å². The van der Waals surface area contributed by atoms with Crippen LogP contribution in [0.25, 0.3) is 0 Å². The number of imide groups is 1. The molecule has 1 aromatic heterocycles. The number of carbonyl (C=O) groups is 2. The largest absolute Gasteiger partial charge is 0.274 e. The first-order chi connectivity index (χ1) is 14.9. The molecule has 1 unspecified atom stereocenters. The van der Waals surface area contributed by atoms with Crippen LogP contribution in [0.5, 0.6) is 0 Å². The van der Waals surface area contributed by atoms with Crippen LogP contribution >= 0.6 is 27.3 Å². The molecule has 0 spiro atoms. The molecular weight excluding hydrogens is 500 g/mol. The topological polar surface area (TPSA) is 74.8 Å². The minimum Gasteiger partial charge on any atom is -0.274 e. The van der Waals surface area contributed by atoms with Crippen molar-refractivity contribution < 1.29 is 18.0 Å². The molecule has 3 aromatic rings. The van der Waals surface area contributed by atoms with Crippen LogP contribution in [0.4, 0.5) is 5.69 Å². The van der Waals surface area contributed by atoms with E-state index in [0.29, 0.717) is 12.1 Å². The van der Waals surface area contributed by atoms with Crippen LogP contribution in [0.3, 0.4) is 0 Å². The number of rotatable bonds is 7. The van der Waals surface area contributed by atoms with Crippen LogP contribution < -0.4 is 4.90 Å². The highest BCUT2D eigenvalue weighted by Gasteiger charge is 2.47. The van der Waals surface area contributed by atoms with Crippen molar-refractivity contribution in [3.63, 3.8) is 0 Å². The molecule has 6 nitrogen and oxygen atoms in total. The average Bonchev–Trinajstić information content (AvgIpc) is 3.39. The van der Waals surface area contributed by atoms with Gasteiger partial charge < -0.3 is 0 Å². The first-order valence-electron chi connectivity index (χ1n) is 9.59. The number of sulfonamides is 1. The number of anilines is 1. The van der Waals surface area contributed by atoms with Crippen LogP contribution in [-0.4, -0.2) is 37.1 Å². The second-order valence-corrected chi connectivity index (χ2v) is 11.0. The fraction of sp³-hybridized carbons (Fsp3) is 0.182. The van der Waals surface area contributed by atoms with Crippen LogP contribution in [0, 0.1) is 0 Å². The van der Waals surface area contributed by atoms with Gasteiger partial charge in [0.2, 0.25) is 5.91 Å². The van der Waals surface area contributed by atoms with Crippen molar-refractivity contribution >= 4 is 54.8 Å². The molecule has 0 radical (unpaired) electrons. The summed E-state index contributed by atoms with van der Waals surface area (Å²) in [6.07, 6.45) is 0.246. The Balaban J connectivity index is 1.67. The maximum absolute atomic E-state index is 13.4. The van der Waals surface area contributed by atoms with E-state index in [2.05, 4.69) is 15.9 Å². The minimum absolute atomic E-state index is 0.0993. The number of hydrogen-bond acceptors (Lipinski definition) is 5. The molecule has 2 aromatic carbocycles. The van der Waals surface area contributed by atoms with Gasteiger partial charge >= 0.3 is 0 Å². The van der Waals surface area contributed by atoms with Crippen molar-refractivity contribution in [2.75, 3.05) is 11.4 Å². The third-order valence-corrected chi connectivity index (χ3v) is 8.89. The van der Waals surface area contributed by atoms with Gasteiger partial charge in [0.25, 0.3) is 15.9 Å². The Labute approximate surface area is 193 Å². The zero-order valence-corrected chi connectivity index (χ0v) is 19.6. The molecule has 160 valence electrons. The maximum atomic E-state index is 13.4.